The highest BCUT2D eigenvalue weighted by molar-refractivity contribution is 5.78. The first-order chi connectivity index (χ1) is 6.83. The maximum Gasteiger partial charge on any atom is 0.123 e. The quantitative estimate of drug-likeness (QED) is 0.728. The van der Waals surface area contributed by atoms with Gasteiger partial charge in [-0.15, -0.1) is 0 Å². The van der Waals surface area contributed by atoms with Crippen LogP contribution in [0.2, 0.25) is 0 Å². The van der Waals surface area contributed by atoms with Crippen molar-refractivity contribution in [3.8, 4) is 0 Å². The highest BCUT2D eigenvalue weighted by Crippen LogP contribution is 2.03. The monoisotopic (exact) mass is 193 g/mol. The first kappa shape index (κ1) is 10.6. The van der Waals surface area contributed by atoms with Crippen molar-refractivity contribution >= 4 is 12.3 Å². The summed E-state index contributed by atoms with van der Waals surface area (Å²) in [6.45, 7) is 0.467. The van der Waals surface area contributed by atoms with Crippen LogP contribution in [0.25, 0.3) is 6.08 Å². The van der Waals surface area contributed by atoms with Gasteiger partial charge in [0, 0.05) is 6.21 Å². The van der Waals surface area contributed by atoms with Gasteiger partial charge in [-0.3, -0.25) is 4.99 Å². The van der Waals surface area contributed by atoms with E-state index in [-0.39, 0.29) is 12.4 Å². The smallest absolute Gasteiger partial charge is 0.123 e. The molecular formula is C11H12FNO. The van der Waals surface area contributed by atoms with Crippen LogP contribution in [0.4, 0.5) is 4.39 Å². The lowest BCUT2D eigenvalue weighted by Crippen LogP contribution is -1.85. The molecule has 14 heavy (non-hydrogen) atoms. The maximum absolute atomic E-state index is 12.5. The van der Waals surface area contributed by atoms with Gasteiger partial charge in [0.2, 0.25) is 0 Å². The summed E-state index contributed by atoms with van der Waals surface area (Å²) in [5, 5.41) is 8.43. The summed E-state index contributed by atoms with van der Waals surface area (Å²) in [7, 11) is 0. The highest BCUT2D eigenvalue weighted by Gasteiger charge is 1.87. The SMILES string of the molecule is OCCN=C/C=C/c1ccc(F)cc1. The zero-order valence-corrected chi connectivity index (χ0v) is 7.73. The van der Waals surface area contributed by atoms with Crippen LogP contribution in [-0.2, 0) is 0 Å². The Morgan fingerprint density at radius 3 is 2.64 bits per heavy atom. The highest BCUT2D eigenvalue weighted by atomic mass is 19.1. The summed E-state index contributed by atoms with van der Waals surface area (Å²) < 4.78 is 12.5. The van der Waals surface area contributed by atoms with Crippen molar-refractivity contribution in [1.29, 1.82) is 0 Å². The lowest BCUT2D eigenvalue weighted by atomic mass is 10.2. The zero-order chi connectivity index (χ0) is 10.2. The van der Waals surface area contributed by atoms with E-state index in [1.807, 2.05) is 6.08 Å². The third kappa shape index (κ3) is 3.96. The molecule has 0 aliphatic heterocycles. The molecular weight excluding hydrogens is 181 g/mol. The molecule has 2 nitrogen and oxygen atoms in total. The molecule has 1 aromatic rings. The van der Waals surface area contributed by atoms with Crippen LogP contribution in [0.15, 0.2) is 35.3 Å². The predicted molar refractivity (Wildman–Crippen MR) is 55.9 cm³/mol. The first-order valence-electron chi connectivity index (χ1n) is 4.36. The second-order valence-electron chi connectivity index (χ2n) is 2.69. The normalized spacial score (nSPS) is 11.6. The number of benzene rings is 1. The van der Waals surface area contributed by atoms with Crippen molar-refractivity contribution in [2.75, 3.05) is 13.2 Å². The van der Waals surface area contributed by atoms with Crippen molar-refractivity contribution in [3.05, 3.63) is 41.7 Å². The molecule has 1 aromatic carbocycles. The van der Waals surface area contributed by atoms with Gasteiger partial charge in [0.1, 0.15) is 5.82 Å². The summed E-state index contributed by atoms with van der Waals surface area (Å²) in [5.74, 6) is -0.240. The standard InChI is InChI=1S/C11H12FNO/c12-11-5-3-10(4-6-11)2-1-7-13-8-9-14/h1-7,14H,8-9H2/b2-1+,13-7?. The Morgan fingerprint density at radius 2 is 2.00 bits per heavy atom. The summed E-state index contributed by atoms with van der Waals surface area (Å²) in [5.41, 5.74) is 0.918. The third-order valence-corrected chi connectivity index (χ3v) is 1.58. The minimum absolute atomic E-state index is 0.0564. The number of hydrogen-bond donors (Lipinski definition) is 1. The molecule has 0 saturated heterocycles. The van der Waals surface area contributed by atoms with Gasteiger partial charge < -0.3 is 5.11 Å². The Morgan fingerprint density at radius 1 is 1.29 bits per heavy atom. The second kappa shape index (κ2) is 6.05. The van der Waals surface area contributed by atoms with Gasteiger partial charge in [0.05, 0.1) is 13.2 Å². The fourth-order valence-corrected chi connectivity index (χ4v) is 0.921. The molecule has 0 aromatic heterocycles. The molecule has 0 aliphatic rings. The Labute approximate surface area is 82.4 Å². The van der Waals surface area contributed by atoms with Crippen LogP contribution in [0, 0.1) is 5.82 Å². The first-order valence-corrected chi connectivity index (χ1v) is 4.36. The molecule has 1 rings (SSSR count). The molecule has 0 fully saturated rings. The lowest BCUT2D eigenvalue weighted by molar-refractivity contribution is 0.307. The number of nitrogens with zero attached hydrogens (tertiary/aromatic N) is 1. The van der Waals surface area contributed by atoms with Crippen molar-refractivity contribution in [2.24, 2.45) is 4.99 Å². The van der Waals surface area contributed by atoms with Gasteiger partial charge in [0.15, 0.2) is 0 Å². The molecule has 74 valence electrons. The molecule has 0 heterocycles. The molecule has 0 bridgehead atoms. The van der Waals surface area contributed by atoms with Crippen LogP contribution in [0.1, 0.15) is 5.56 Å². The van der Waals surface area contributed by atoms with E-state index in [2.05, 4.69) is 4.99 Å². The van der Waals surface area contributed by atoms with Crippen molar-refractivity contribution in [3.63, 3.8) is 0 Å². The summed E-state index contributed by atoms with van der Waals surface area (Å²) in [6, 6.07) is 6.19. The maximum atomic E-state index is 12.5. The van der Waals surface area contributed by atoms with Gasteiger partial charge >= 0.3 is 0 Å². The molecule has 1 N–H and O–H groups in total. The van der Waals surface area contributed by atoms with Crippen LogP contribution < -0.4 is 0 Å². The van der Waals surface area contributed by atoms with Gasteiger partial charge in [-0.1, -0.05) is 18.2 Å². The molecule has 0 atom stereocenters. The minimum atomic E-state index is -0.240. The Hall–Kier alpha value is -1.48. The molecule has 0 saturated carbocycles. The van der Waals surface area contributed by atoms with Crippen LogP contribution in [0.3, 0.4) is 0 Å². The largest absolute Gasteiger partial charge is 0.394 e. The molecule has 0 radical (unpaired) electrons. The van der Waals surface area contributed by atoms with Gasteiger partial charge in [-0.2, -0.15) is 0 Å². The van der Waals surface area contributed by atoms with Crippen LogP contribution in [-0.4, -0.2) is 24.5 Å². The number of aliphatic imine (C=N–C) groups is 1. The molecule has 0 spiro atoms. The zero-order valence-electron chi connectivity index (χ0n) is 7.73. The van der Waals surface area contributed by atoms with E-state index in [0.29, 0.717) is 6.54 Å². The molecule has 3 heteroatoms. The molecule has 0 unspecified atom stereocenters. The lowest BCUT2D eigenvalue weighted by Gasteiger charge is -1.90. The summed E-state index contributed by atoms with van der Waals surface area (Å²) in [6.07, 6.45) is 5.18. The van der Waals surface area contributed by atoms with Crippen molar-refractivity contribution < 1.29 is 9.50 Å². The number of aliphatic hydroxyl groups is 1. The van der Waals surface area contributed by atoms with E-state index in [1.165, 1.54) is 12.1 Å². The third-order valence-electron chi connectivity index (χ3n) is 1.58. The molecule has 0 amide bonds. The average molecular weight is 193 g/mol. The van der Waals surface area contributed by atoms with E-state index in [9.17, 15) is 4.39 Å². The Kier molecular flexibility index (Phi) is 4.58. The second-order valence-corrected chi connectivity index (χ2v) is 2.69. The average Bonchev–Trinajstić information content (AvgIpc) is 2.21. The number of rotatable bonds is 4. The number of hydrogen-bond acceptors (Lipinski definition) is 2. The summed E-state index contributed by atoms with van der Waals surface area (Å²) in [4.78, 5) is 3.89. The van der Waals surface area contributed by atoms with Gasteiger partial charge in [0.25, 0.3) is 0 Å². The van der Waals surface area contributed by atoms with E-state index in [4.69, 9.17) is 5.11 Å². The van der Waals surface area contributed by atoms with Gasteiger partial charge in [-0.25, -0.2) is 4.39 Å². The number of halogens is 1. The fraction of sp³-hybridized carbons (Fsp3) is 0.182. The van der Waals surface area contributed by atoms with E-state index in [0.717, 1.165) is 5.56 Å². The van der Waals surface area contributed by atoms with E-state index in [1.54, 1.807) is 24.4 Å². The number of aliphatic hydroxyl groups excluding tert-OH is 1. The fourth-order valence-electron chi connectivity index (χ4n) is 0.921. The Balaban J connectivity index is 2.47. The summed E-state index contributed by atoms with van der Waals surface area (Å²) >= 11 is 0. The van der Waals surface area contributed by atoms with E-state index < -0.39 is 0 Å². The number of allylic oxidation sites excluding steroid dienone is 1. The van der Waals surface area contributed by atoms with E-state index >= 15 is 0 Å². The van der Waals surface area contributed by atoms with Crippen molar-refractivity contribution in [2.45, 2.75) is 0 Å². The van der Waals surface area contributed by atoms with Crippen molar-refractivity contribution in [1.82, 2.24) is 0 Å². The van der Waals surface area contributed by atoms with Gasteiger partial charge in [-0.05, 0) is 23.8 Å². The Bertz CT molecular complexity index is 317. The topological polar surface area (TPSA) is 32.6 Å². The molecule has 0 aliphatic carbocycles. The minimum Gasteiger partial charge on any atom is -0.394 e. The van der Waals surface area contributed by atoms with Crippen LogP contribution in [0.5, 0.6) is 0 Å². The van der Waals surface area contributed by atoms with Crippen LogP contribution >= 0.6 is 0 Å². The predicted octanol–water partition coefficient (Wildman–Crippen LogP) is 1.90.